The van der Waals surface area contributed by atoms with Crippen LogP contribution in [0, 0.1) is 0 Å². The second-order valence-corrected chi connectivity index (χ2v) is 5.40. The van der Waals surface area contributed by atoms with Crippen LogP contribution in [0.1, 0.15) is 38.2 Å². The molecule has 1 aromatic rings. The first kappa shape index (κ1) is 15.5. The molecule has 6 heteroatoms. The highest BCUT2D eigenvalue weighted by Crippen LogP contribution is 2.27. The van der Waals surface area contributed by atoms with E-state index in [1.54, 1.807) is 17.8 Å². The summed E-state index contributed by atoms with van der Waals surface area (Å²) in [5.74, 6) is -0.117. The largest absolute Gasteiger partial charge is 0.466 e. The molecule has 1 aromatic heterocycles. The van der Waals surface area contributed by atoms with Gasteiger partial charge in [0.2, 0.25) is 5.91 Å². The third-order valence-corrected chi connectivity index (χ3v) is 3.56. The Labute approximate surface area is 125 Å². The number of carbonyl (C=O) groups is 2. The molecule has 1 fully saturated rings. The summed E-state index contributed by atoms with van der Waals surface area (Å²) in [5, 5.41) is 4.10. The van der Waals surface area contributed by atoms with Crippen LogP contribution < -0.4 is 0 Å². The summed E-state index contributed by atoms with van der Waals surface area (Å²) in [4.78, 5) is 25.6. The van der Waals surface area contributed by atoms with Crippen LogP contribution in [0.25, 0.3) is 0 Å². The first-order chi connectivity index (χ1) is 10.1. The summed E-state index contributed by atoms with van der Waals surface area (Å²) in [7, 11) is 1.86. The lowest BCUT2D eigenvalue weighted by atomic mass is 10.2. The molecule has 1 amide bonds. The number of esters is 1. The van der Waals surface area contributed by atoms with Gasteiger partial charge in [0.25, 0.3) is 0 Å². The zero-order chi connectivity index (χ0) is 15.2. The lowest BCUT2D eigenvalue weighted by molar-refractivity contribution is -0.144. The van der Waals surface area contributed by atoms with Crippen LogP contribution in [0.3, 0.4) is 0 Å². The minimum Gasteiger partial charge on any atom is -0.466 e. The van der Waals surface area contributed by atoms with Gasteiger partial charge in [-0.2, -0.15) is 5.10 Å². The van der Waals surface area contributed by atoms with Gasteiger partial charge in [0.15, 0.2) is 0 Å². The van der Waals surface area contributed by atoms with E-state index in [1.165, 1.54) is 0 Å². The average molecular weight is 293 g/mol. The van der Waals surface area contributed by atoms with Gasteiger partial charge in [-0.3, -0.25) is 14.3 Å². The minimum absolute atomic E-state index is 0.116. The lowest BCUT2D eigenvalue weighted by Gasteiger charge is -2.22. The topological polar surface area (TPSA) is 64.4 Å². The summed E-state index contributed by atoms with van der Waals surface area (Å²) in [5.41, 5.74) is 1.06. The summed E-state index contributed by atoms with van der Waals surface area (Å²) in [6, 6.07) is 0.320. The standard InChI is InChI=1S/C15H23N3O3/c1-3-21-15(20)8-9-18(13-5-6-13)14(19)7-4-12-10-16-17(2)11-12/h10-11,13H,3-9H2,1-2H3. The van der Waals surface area contributed by atoms with Crippen LogP contribution >= 0.6 is 0 Å². The highest BCUT2D eigenvalue weighted by molar-refractivity contribution is 5.78. The number of rotatable bonds is 8. The normalized spacial score (nSPS) is 14.0. The van der Waals surface area contributed by atoms with Gasteiger partial charge in [0, 0.05) is 32.3 Å². The fraction of sp³-hybridized carbons (Fsp3) is 0.667. The number of nitrogens with zero attached hydrogens (tertiary/aromatic N) is 3. The zero-order valence-corrected chi connectivity index (χ0v) is 12.7. The fourth-order valence-corrected chi connectivity index (χ4v) is 2.34. The Morgan fingerprint density at radius 2 is 2.19 bits per heavy atom. The van der Waals surface area contributed by atoms with Gasteiger partial charge >= 0.3 is 5.97 Å². The molecule has 0 aliphatic heterocycles. The number of amides is 1. The van der Waals surface area contributed by atoms with Crippen molar-refractivity contribution < 1.29 is 14.3 Å². The molecule has 1 heterocycles. The maximum atomic E-state index is 12.3. The van der Waals surface area contributed by atoms with Crippen LogP contribution in [0.5, 0.6) is 0 Å². The van der Waals surface area contributed by atoms with Gasteiger partial charge in [-0.25, -0.2) is 0 Å². The van der Waals surface area contributed by atoms with Crippen molar-refractivity contribution in [3.8, 4) is 0 Å². The summed E-state index contributed by atoms with van der Waals surface area (Å²) < 4.78 is 6.65. The molecule has 1 aliphatic rings. The van der Waals surface area contributed by atoms with E-state index in [1.807, 2.05) is 18.1 Å². The molecule has 1 saturated carbocycles. The van der Waals surface area contributed by atoms with Crippen molar-refractivity contribution in [3.63, 3.8) is 0 Å². The fourth-order valence-electron chi connectivity index (χ4n) is 2.34. The van der Waals surface area contributed by atoms with Gasteiger partial charge < -0.3 is 9.64 Å². The first-order valence-corrected chi connectivity index (χ1v) is 7.52. The van der Waals surface area contributed by atoms with Crippen molar-refractivity contribution in [2.75, 3.05) is 13.2 Å². The second-order valence-electron chi connectivity index (χ2n) is 5.40. The van der Waals surface area contributed by atoms with Gasteiger partial charge in [0.05, 0.1) is 19.2 Å². The highest BCUT2D eigenvalue weighted by Gasteiger charge is 2.32. The van der Waals surface area contributed by atoms with Crippen molar-refractivity contribution in [3.05, 3.63) is 18.0 Å². The summed E-state index contributed by atoms with van der Waals surface area (Å²) in [6.07, 6.45) is 7.23. The Balaban J connectivity index is 1.80. The second kappa shape index (κ2) is 7.24. The zero-order valence-electron chi connectivity index (χ0n) is 12.7. The molecule has 0 spiro atoms. The molecule has 21 heavy (non-hydrogen) atoms. The minimum atomic E-state index is -0.233. The Morgan fingerprint density at radius 1 is 1.43 bits per heavy atom. The van der Waals surface area contributed by atoms with E-state index in [0.29, 0.717) is 32.0 Å². The first-order valence-electron chi connectivity index (χ1n) is 7.52. The van der Waals surface area contributed by atoms with Crippen LogP contribution in [-0.2, 0) is 27.8 Å². The van der Waals surface area contributed by atoms with E-state index in [4.69, 9.17) is 4.74 Å². The Morgan fingerprint density at radius 3 is 2.76 bits per heavy atom. The van der Waals surface area contributed by atoms with E-state index in [9.17, 15) is 9.59 Å². The number of ether oxygens (including phenoxy) is 1. The molecular formula is C15H23N3O3. The van der Waals surface area contributed by atoms with Gasteiger partial charge in [-0.05, 0) is 31.7 Å². The molecule has 0 bridgehead atoms. The van der Waals surface area contributed by atoms with Gasteiger partial charge in [0.1, 0.15) is 0 Å². The SMILES string of the molecule is CCOC(=O)CCN(C(=O)CCc1cnn(C)c1)C1CC1. The number of hydrogen-bond donors (Lipinski definition) is 0. The molecule has 1 aliphatic carbocycles. The summed E-state index contributed by atoms with van der Waals surface area (Å²) in [6.45, 7) is 2.64. The Hall–Kier alpha value is -1.85. The van der Waals surface area contributed by atoms with E-state index in [-0.39, 0.29) is 18.3 Å². The third kappa shape index (κ3) is 4.88. The number of hydrogen-bond acceptors (Lipinski definition) is 4. The number of aromatic nitrogens is 2. The smallest absolute Gasteiger partial charge is 0.307 e. The van der Waals surface area contributed by atoms with E-state index in [2.05, 4.69) is 5.10 Å². The third-order valence-electron chi connectivity index (χ3n) is 3.56. The highest BCUT2D eigenvalue weighted by atomic mass is 16.5. The quantitative estimate of drug-likeness (QED) is 0.678. The van der Waals surface area contributed by atoms with Crippen molar-refractivity contribution in [1.29, 1.82) is 0 Å². The number of carbonyl (C=O) groups excluding carboxylic acids is 2. The molecule has 0 unspecified atom stereocenters. The van der Waals surface area contributed by atoms with E-state index < -0.39 is 0 Å². The van der Waals surface area contributed by atoms with Crippen LogP contribution in [0.4, 0.5) is 0 Å². The van der Waals surface area contributed by atoms with Crippen LogP contribution in [0.15, 0.2) is 12.4 Å². The maximum absolute atomic E-state index is 12.3. The van der Waals surface area contributed by atoms with E-state index in [0.717, 1.165) is 18.4 Å². The Bertz CT molecular complexity index is 494. The molecule has 116 valence electrons. The van der Waals surface area contributed by atoms with Crippen molar-refractivity contribution in [2.45, 2.75) is 45.1 Å². The lowest BCUT2D eigenvalue weighted by Crippen LogP contribution is -2.35. The average Bonchev–Trinajstić information content (AvgIpc) is 3.19. The molecule has 0 saturated heterocycles. The maximum Gasteiger partial charge on any atom is 0.307 e. The molecule has 2 rings (SSSR count). The van der Waals surface area contributed by atoms with Crippen LogP contribution in [0.2, 0.25) is 0 Å². The molecule has 0 radical (unpaired) electrons. The van der Waals surface area contributed by atoms with E-state index >= 15 is 0 Å². The summed E-state index contributed by atoms with van der Waals surface area (Å²) >= 11 is 0. The molecule has 0 atom stereocenters. The van der Waals surface area contributed by atoms with Gasteiger partial charge in [-0.15, -0.1) is 0 Å². The number of aryl methyl sites for hydroxylation is 2. The van der Waals surface area contributed by atoms with Crippen molar-refractivity contribution in [1.82, 2.24) is 14.7 Å². The molecule has 0 aromatic carbocycles. The van der Waals surface area contributed by atoms with Gasteiger partial charge in [-0.1, -0.05) is 0 Å². The predicted molar refractivity (Wildman–Crippen MR) is 77.5 cm³/mol. The van der Waals surface area contributed by atoms with Crippen molar-refractivity contribution >= 4 is 11.9 Å². The van der Waals surface area contributed by atoms with Crippen molar-refractivity contribution in [2.24, 2.45) is 7.05 Å². The molecule has 0 N–H and O–H groups in total. The molecular weight excluding hydrogens is 270 g/mol. The molecule has 6 nitrogen and oxygen atoms in total. The predicted octanol–water partition coefficient (Wildman–Crippen LogP) is 1.30. The van der Waals surface area contributed by atoms with Crippen LogP contribution in [-0.4, -0.2) is 45.8 Å². The Kier molecular flexibility index (Phi) is 5.36. The monoisotopic (exact) mass is 293 g/mol.